The van der Waals surface area contributed by atoms with Gasteiger partial charge in [0.1, 0.15) is 4.90 Å². The molecule has 0 N–H and O–H groups in total. The van der Waals surface area contributed by atoms with Crippen LogP contribution in [0.1, 0.15) is 29.8 Å². The number of thiophene rings is 1. The summed E-state index contributed by atoms with van der Waals surface area (Å²) in [5.41, 5.74) is 1.03. The van der Waals surface area contributed by atoms with Crippen LogP contribution < -0.4 is 0 Å². The van der Waals surface area contributed by atoms with Gasteiger partial charge in [-0.2, -0.15) is 4.31 Å². The predicted octanol–water partition coefficient (Wildman–Crippen LogP) is 4.24. The van der Waals surface area contributed by atoms with Gasteiger partial charge in [0.15, 0.2) is 5.82 Å². The third-order valence-electron chi connectivity index (χ3n) is 3.94. The average Bonchev–Trinajstić information content (AvgIpc) is 2.97. The summed E-state index contributed by atoms with van der Waals surface area (Å²) in [7, 11) is -3.92. The Labute approximate surface area is 138 Å². The fourth-order valence-electron chi connectivity index (χ4n) is 2.89. The minimum atomic E-state index is -3.92. The predicted molar refractivity (Wildman–Crippen MR) is 86.4 cm³/mol. The van der Waals surface area contributed by atoms with E-state index in [1.807, 2.05) is 18.4 Å². The fraction of sp³-hybridized carbons (Fsp3) is 0.333. The van der Waals surface area contributed by atoms with Crippen LogP contribution >= 0.6 is 22.9 Å². The molecule has 0 bridgehead atoms. The molecule has 1 unspecified atom stereocenters. The number of nitrogens with zero attached hydrogens (tertiary/aromatic N) is 1. The molecule has 1 aromatic carbocycles. The molecule has 1 aromatic heterocycles. The second-order valence-electron chi connectivity index (χ2n) is 5.14. The highest BCUT2D eigenvalue weighted by Crippen LogP contribution is 2.39. The number of benzene rings is 1. The fourth-order valence-corrected chi connectivity index (χ4v) is 5.82. The van der Waals surface area contributed by atoms with Gasteiger partial charge in [-0.3, -0.25) is 0 Å². The van der Waals surface area contributed by atoms with Gasteiger partial charge >= 0.3 is 0 Å². The molecular formula is C15H15ClFNO2S2. The number of halogens is 2. The van der Waals surface area contributed by atoms with Crippen molar-refractivity contribution in [2.45, 2.75) is 30.7 Å². The highest BCUT2D eigenvalue weighted by Gasteiger charge is 2.37. The zero-order valence-electron chi connectivity index (χ0n) is 11.9. The quantitative estimate of drug-likeness (QED) is 0.822. The lowest BCUT2D eigenvalue weighted by Gasteiger charge is -2.34. The van der Waals surface area contributed by atoms with E-state index in [-0.39, 0.29) is 16.0 Å². The molecule has 0 saturated heterocycles. The van der Waals surface area contributed by atoms with Gasteiger partial charge in [-0.15, -0.1) is 11.3 Å². The Morgan fingerprint density at radius 2 is 2.18 bits per heavy atom. The van der Waals surface area contributed by atoms with Gasteiger partial charge < -0.3 is 0 Å². The summed E-state index contributed by atoms with van der Waals surface area (Å²) in [5, 5.41) is 1.80. The van der Waals surface area contributed by atoms with E-state index in [4.69, 9.17) is 11.6 Å². The van der Waals surface area contributed by atoms with E-state index in [1.165, 1.54) is 27.4 Å². The summed E-state index contributed by atoms with van der Waals surface area (Å²) < 4.78 is 41.4. The van der Waals surface area contributed by atoms with Gasteiger partial charge in [0.25, 0.3) is 0 Å². The zero-order chi connectivity index (χ0) is 15.9. The normalized spacial score (nSPS) is 19.1. The number of rotatable bonds is 3. The smallest absolute Gasteiger partial charge is 0.207 e. The lowest BCUT2D eigenvalue weighted by molar-refractivity contribution is 0.302. The van der Waals surface area contributed by atoms with Gasteiger partial charge in [0.2, 0.25) is 10.0 Å². The Balaban J connectivity index is 2.08. The van der Waals surface area contributed by atoms with Gasteiger partial charge in [-0.05, 0) is 42.0 Å². The Morgan fingerprint density at radius 1 is 1.41 bits per heavy atom. The molecule has 0 aliphatic carbocycles. The van der Waals surface area contributed by atoms with Crippen molar-refractivity contribution in [3.8, 4) is 0 Å². The van der Waals surface area contributed by atoms with Crippen LogP contribution in [-0.2, 0) is 16.4 Å². The Morgan fingerprint density at radius 3 is 2.91 bits per heavy atom. The van der Waals surface area contributed by atoms with Crippen LogP contribution in [0.4, 0.5) is 4.39 Å². The van der Waals surface area contributed by atoms with E-state index in [1.54, 1.807) is 11.3 Å². The molecule has 1 aliphatic rings. The van der Waals surface area contributed by atoms with E-state index in [9.17, 15) is 12.8 Å². The van der Waals surface area contributed by atoms with Crippen LogP contribution in [-0.4, -0.2) is 19.3 Å². The number of sulfonamides is 1. The van der Waals surface area contributed by atoms with Crippen molar-refractivity contribution in [1.82, 2.24) is 4.31 Å². The molecule has 22 heavy (non-hydrogen) atoms. The van der Waals surface area contributed by atoms with Crippen LogP contribution in [0.15, 0.2) is 34.5 Å². The maximum Gasteiger partial charge on any atom is 0.246 e. The molecule has 118 valence electrons. The van der Waals surface area contributed by atoms with Crippen LogP contribution in [0.25, 0.3) is 0 Å². The summed E-state index contributed by atoms with van der Waals surface area (Å²) in [6.07, 6.45) is 1.30. The van der Waals surface area contributed by atoms with Crippen molar-refractivity contribution in [3.63, 3.8) is 0 Å². The highest BCUT2D eigenvalue weighted by atomic mass is 35.5. The summed E-state index contributed by atoms with van der Waals surface area (Å²) in [6.45, 7) is 2.30. The molecule has 0 amide bonds. The molecular weight excluding hydrogens is 345 g/mol. The molecule has 0 fully saturated rings. The van der Waals surface area contributed by atoms with Crippen molar-refractivity contribution in [2.75, 3.05) is 6.54 Å². The third kappa shape index (κ3) is 2.48. The second kappa shape index (κ2) is 5.92. The molecule has 1 aliphatic heterocycles. The van der Waals surface area contributed by atoms with Crippen LogP contribution in [0.2, 0.25) is 5.02 Å². The third-order valence-corrected chi connectivity index (χ3v) is 7.15. The Bertz CT molecular complexity index is 804. The molecule has 2 heterocycles. The minimum Gasteiger partial charge on any atom is -0.207 e. The SMILES string of the molecule is CCC1c2ccsc2CCN1S(=O)(=O)c1cccc(Cl)c1F. The Hall–Kier alpha value is -0.950. The maximum absolute atomic E-state index is 14.2. The Kier molecular flexibility index (Phi) is 4.29. The van der Waals surface area contributed by atoms with Crippen LogP contribution in [0, 0.1) is 5.82 Å². The monoisotopic (exact) mass is 359 g/mol. The van der Waals surface area contributed by atoms with Crippen LogP contribution in [0.5, 0.6) is 0 Å². The molecule has 0 radical (unpaired) electrons. The van der Waals surface area contributed by atoms with Gasteiger partial charge in [-0.25, -0.2) is 12.8 Å². The van der Waals surface area contributed by atoms with E-state index in [0.29, 0.717) is 19.4 Å². The van der Waals surface area contributed by atoms with E-state index in [0.717, 1.165) is 5.56 Å². The van der Waals surface area contributed by atoms with Crippen molar-refractivity contribution >= 4 is 33.0 Å². The molecule has 7 heteroatoms. The lowest BCUT2D eigenvalue weighted by atomic mass is 10.0. The minimum absolute atomic E-state index is 0.178. The molecule has 1 atom stereocenters. The standard InChI is InChI=1S/C15H15ClFNO2S2/c1-2-12-10-7-9-21-13(10)6-8-18(12)22(19,20)14-5-3-4-11(16)15(14)17/h3-5,7,9,12H,2,6,8H2,1H3. The summed E-state index contributed by atoms with van der Waals surface area (Å²) in [6, 6.07) is 5.79. The molecule has 2 aromatic rings. The first-order valence-corrected chi connectivity index (χ1v) is 9.68. The zero-order valence-corrected chi connectivity index (χ0v) is 14.3. The summed E-state index contributed by atoms with van der Waals surface area (Å²) >= 11 is 7.38. The summed E-state index contributed by atoms with van der Waals surface area (Å²) in [4.78, 5) is 0.863. The number of hydrogen-bond acceptors (Lipinski definition) is 3. The second-order valence-corrected chi connectivity index (χ2v) is 8.41. The first kappa shape index (κ1) is 15.9. The van der Waals surface area contributed by atoms with Gasteiger partial charge in [0.05, 0.1) is 11.1 Å². The highest BCUT2D eigenvalue weighted by molar-refractivity contribution is 7.89. The first-order chi connectivity index (χ1) is 10.5. The van der Waals surface area contributed by atoms with Gasteiger partial charge in [0, 0.05) is 11.4 Å². The van der Waals surface area contributed by atoms with Crippen molar-refractivity contribution in [2.24, 2.45) is 0 Å². The number of hydrogen-bond donors (Lipinski definition) is 0. The molecule has 3 nitrogen and oxygen atoms in total. The van der Waals surface area contributed by atoms with Crippen molar-refractivity contribution in [3.05, 3.63) is 50.9 Å². The topological polar surface area (TPSA) is 37.4 Å². The van der Waals surface area contributed by atoms with Crippen molar-refractivity contribution in [1.29, 1.82) is 0 Å². The molecule has 3 rings (SSSR count). The summed E-state index contributed by atoms with van der Waals surface area (Å²) in [5.74, 6) is -0.880. The first-order valence-electron chi connectivity index (χ1n) is 6.99. The molecule has 0 spiro atoms. The lowest BCUT2D eigenvalue weighted by Crippen LogP contribution is -2.39. The number of fused-ring (bicyclic) bond motifs is 1. The largest absolute Gasteiger partial charge is 0.246 e. The van der Waals surface area contributed by atoms with Gasteiger partial charge in [-0.1, -0.05) is 24.6 Å². The van der Waals surface area contributed by atoms with E-state index >= 15 is 0 Å². The van der Waals surface area contributed by atoms with E-state index in [2.05, 4.69) is 0 Å². The van der Waals surface area contributed by atoms with Crippen LogP contribution in [0.3, 0.4) is 0 Å². The van der Waals surface area contributed by atoms with Crippen molar-refractivity contribution < 1.29 is 12.8 Å². The average molecular weight is 360 g/mol. The van der Waals surface area contributed by atoms with E-state index < -0.39 is 15.8 Å². The molecule has 0 saturated carbocycles. The maximum atomic E-state index is 14.2.